The van der Waals surface area contributed by atoms with Crippen molar-refractivity contribution in [3.8, 4) is 5.75 Å². The first-order valence-corrected chi connectivity index (χ1v) is 5.64. The number of hydrogen-bond donors (Lipinski definition) is 3. The van der Waals surface area contributed by atoms with Crippen LogP contribution >= 0.6 is 0 Å². The topological polar surface area (TPSA) is 93.4 Å². The van der Waals surface area contributed by atoms with Crippen molar-refractivity contribution in [2.45, 2.75) is 18.9 Å². The van der Waals surface area contributed by atoms with E-state index < -0.39 is 6.04 Å². The Morgan fingerprint density at radius 2 is 2.33 bits per heavy atom. The third-order valence-electron chi connectivity index (χ3n) is 2.83. The Bertz CT molecular complexity index is 487. The number of methoxy groups -OCH3 is 1. The van der Waals surface area contributed by atoms with E-state index in [1.807, 2.05) is 0 Å². The summed E-state index contributed by atoms with van der Waals surface area (Å²) in [6.45, 7) is 0. The van der Waals surface area contributed by atoms with Crippen molar-refractivity contribution < 1.29 is 14.3 Å². The number of nitrogens with two attached hydrogens (primary N) is 1. The fourth-order valence-electron chi connectivity index (χ4n) is 1.80. The predicted octanol–water partition coefficient (Wildman–Crippen LogP) is 0.494. The summed E-state index contributed by atoms with van der Waals surface area (Å²) in [5.41, 5.74) is 6.70. The van der Waals surface area contributed by atoms with Crippen LogP contribution in [0.25, 0.3) is 0 Å². The molecule has 1 atom stereocenters. The first-order valence-electron chi connectivity index (χ1n) is 5.64. The Morgan fingerprint density at radius 1 is 1.56 bits per heavy atom. The van der Waals surface area contributed by atoms with Crippen LogP contribution in [0.1, 0.15) is 12.8 Å². The van der Waals surface area contributed by atoms with Gasteiger partial charge >= 0.3 is 0 Å². The molecular weight excluding hydrogens is 234 g/mol. The molecule has 1 aliphatic heterocycles. The maximum absolute atomic E-state index is 11.9. The van der Waals surface area contributed by atoms with Crippen LogP contribution in [0.15, 0.2) is 18.2 Å². The molecule has 0 bridgehead atoms. The highest BCUT2D eigenvalue weighted by atomic mass is 16.5. The minimum Gasteiger partial charge on any atom is -0.497 e. The number of nitrogen functional groups attached to an aromatic ring is 1. The number of carbonyl (C=O) groups excluding carboxylic acids is 2. The Hall–Kier alpha value is -2.24. The molecule has 6 heteroatoms. The molecule has 0 spiro atoms. The van der Waals surface area contributed by atoms with Crippen molar-refractivity contribution in [2.24, 2.45) is 0 Å². The smallest absolute Gasteiger partial charge is 0.247 e. The highest BCUT2D eigenvalue weighted by molar-refractivity contribution is 6.00. The number of ether oxygens (including phenoxy) is 1. The maximum Gasteiger partial charge on any atom is 0.247 e. The van der Waals surface area contributed by atoms with E-state index in [4.69, 9.17) is 10.5 Å². The summed E-state index contributed by atoms with van der Waals surface area (Å²) in [5, 5.41) is 5.29. The van der Waals surface area contributed by atoms with E-state index in [2.05, 4.69) is 10.6 Å². The highest BCUT2D eigenvalue weighted by Gasteiger charge is 2.27. The summed E-state index contributed by atoms with van der Waals surface area (Å²) < 4.78 is 5.06. The summed E-state index contributed by atoms with van der Waals surface area (Å²) in [7, 11) is 1.54. The van der Waals surface area contributed by atoms with Gasteiger partial charge in [0.15, 0.2) is 0 Å². The minimum atomic E-state index is -0.483. The lowest BCUT2D eigenvalue weighted by Crippen LogP contribution is -2.37. The fraction of sp³-hybridized carbons (Fsp3) is 0.333. The molecule has 0 saturated carbocycles. The minimum absolute atomic E-state index is 0.103. The monoisotopic (exact) mass is 249 g/mol. The molecule has 0 unspecified atom stereocenters. The molecule has 2 rings (SSSR count). The molecular formula is C12H15N3O3. The Balaban J connectivity index is 2.09. The molecule has 1 aliphatic rings. The van der Waals surface area contributed by atoms with Gasteiger partial charge in [-0.3, -0.25) is 9.59 Å². The van der Waals surface area contributed by atoms with Crippen molar-refractivity contribution in [1.29, 1.82) is 0 Å². The van der Waals surface area contributed by atoms with Crippen molar-refractivity contribution in [3.63, 3.8) is 0 Å². The molecule has 96 valence electrons. The van der Waals surface area contributed by atoms with E-state index in [0.717, 1.165) is 0 Å². The SMILES string of the molecule is COc1ccc(N)c(NC(=O)[C@H]2CCC(=O)N2)c1. The van der Waals surface area contributed by atoms with Crippen LogP contribution in [0.3, 0.4) is 0 Å². The van der Waals surface area contributed by atoms with Crippen LogP contribution in [0.2, 0.25) is 0 Å². The van der Waals surface area contributed by atoms with Gasteiger partial charge in [0.2, 0.25) is 11.8 Å². The largest absolute Gasteiger partial charge is 0.497 e. The number of nitrogens with one attached hydrogen (secondary N) is 2. The second-order valence-corrected chi connectivity index (χ2v) is 4.10. The lowest BCUT2D eigenvalue weighted by Gasteiger charge is -2.13. The van der Waals surface area contributed by atoms with Gasteiger partial charge in [-0.1, -0.05) is 0 Å². The molecule has 6 nitrogen and oxygen atoms in total. The van der Waals surface area contributed by atoms with Crippen LogP contribution in [0.4, 0.5) is 11.4 Å². The Labute approximate surface area is 104 Å². The van der Waals surface area contributed by atoms with Crippen LogP contribution in [-0.4, -0.2) is 25.0 Å². The van der Waals surface area contributed by atoms with Gasteiger partial charge in [-0.15, -0.1) is 0 Å². The molecule has 1 saturated heterocycles. The van der Waals surface area contributed by atoms with E-state index in [1.54, 1.807) is 18.2 Å². The molecule has 1 aromatic rings. The first kappa shape index (κ1) is 12.2. The number of carbonyl (C=O) groups is 2. The Morgan fingerprint density at radius 3 is 2.94 bits per heavy atom. The first-order chi connectivity index (χ1) is 8.60. The number of amides is 2. The van der Waals surface area contributed by atoms with E-state index >= 15 is 0 Å². The molecule has 1 heterocycles. The van der Waals surface area contributed by atoms with Gasteiger partial charge in [-0.05, 0) is 18.6 Å². The molecule has 0 radical (unpaired) electrons. The van der Waals surface area contributed by atoms with E-state index in [9.17, 15) is 9.59 Å². The lowest BCUT2D eigenvalue weighted by atomic mass is 10.2. The molecule has 0 aliphatic carbocycles. The van der Waals surface area contributed by atoms with Crippen molar-refractivity contribution >= 4 is 23.2 Å². The third kappa shape index (κ3) is 2.53. The van der Waals surface area contributed by atoms with Crippen LogP contribution < -0.4 is 21.1 Å². The number of rotatable bonds is 3. The van der Waals surface area contributed by atoms with Gasteiger partial charge in [0.25, 0.3) is 0 Å². The van der Waals surface area contributed by atoms with Gasteiger partial charge in [-0.25, -0.2) is 0 Å². The van der Waals surface area contributed by atoms with Crippen LogP contribution in [0, 0.1) is 0 Å². The van der Waals surface area contributed by atoms with Gasteiger partial charge < -0.3 is 21.1 Å². The maximum atomic E-state index is 11.9. The number of hydrogen-bond acceptors (Lipinski definition) is 4. The molecule has 4 N–H and O–H groups in total. The zero-order chi connectivity index (χ0) is 13.1. The van der Waals surface area contributed by atoms with Crippen LogP contribution in [-0.2, 0) is 9.59 Å². The summed E-state index contributed by atoms with van der Waals surface area (Å²) in [6.07, 6.45) is 0.889. The third-order valence-corrected chi connectivity index (χ3v) is 2.83. The average molecular weight is 249 g/mol. The van der Waals surface area contributed by atoms with Gasteiger partial charge in [0.05, 0.1) is 18.5 Å². The summed E-state index contributed by atoms with van der Waals surface area (Å²) in [4.78, 5) is 22.9. The summed E-state index contributed by atoms with van der Waals surface area (Å²) in [5.74, 6) is 0.240. The van der Waals surface area contributed by atoms with E-state index in [0.29, 0.717) is 30.0 Å². The molecule has 18 heavy (non-hydrogen) atoms. The molecule has 1 fully saturated rings. The van der Waals surface area contributed by atoms with E-state index in [1.165, 1.54) is 7.11 Å². The zero-order valence-electron chi connectivity index (χ0n) is 10.0. The van der Waals surface area contributed by atoms with E-state index in [-0.39, 0.29) is 11.8 Å². The van der Waals surface area contributed by atoms with Gasteiger partial charge in [-0.2, -0.15) is 0 Å². The second kappa shape index (κ2) is 4.95. The van der Waals surface area contributed by atoms with Gasteiger partial charge in [0.1, 0.15) is 11.8 Å². The summed E-state index contributed by atoms with van der Waals surface area (Å²) in [6, 6.07) is 4.52. The quantitative estimate of drug-likeness (QED) is 0.680. The molecule has 0 aromatic heterocycles. The number of anilines is 2. The fourth-order valence-corrected chi connectivity index (χ4v) is 1.80. The Kier molecular flexibility index (Phi) is 3.36. The standard InChI is InChI=1S/C12H15N3O3/c1-18-7-2-3-8(13)10(6-7)15-12(17)9-4-5-11(16)14-9/h2-3,6,9H,4-5,13H2,1H3,(H,14,16)(H,15,17)/t9-/m1/s1. The highest BCUT2D eigenvalue weighted by Crippen LogP contribution is 2.24. The van der Waals surface area contributed by atoms with Crippen molar-refractivity contribution in [3.05, 3.63) is 18.2 Å². The molecule has 2 amide bonds. The lowest BCUT2D eigenvalue weighted by molar-refractivity contribution is -0.122. The van der Waals surface area contributed by atoms with Gasteiger partial charge in [0, 0.05) is 12.5 Å². The van der Waals surface area contributed by atoms with Crippen molar-refractivity contribution in [2.75, 3.05) is 18.2 Å². The average Bonchev–Trinajstić information content (AvgIpc) is 2.79. The zero-order valence-corrected chi connectivity index (χ0v) is 10.0. The summed E-state index contributed by atoms with van der Waals surface area (Å²) >= 11 is 0. The normalized spacial score (nSPS) is 18.3. The molecule has 1 aromatic carbocycles. The predicted molar refractivity (Wildman–Crippen MR) is 67.2 cm³/mol. The van der Waals surface area contributed by atoms with Crippen molar-refractivity contribution in [1.82, 2.24) is 5.32 Å². The number of benzene rings is 1. The second-order valence-electron chi connectivity index (χ2n) is 4.10. The van der Waals surface area contributed by atoms with Crippen LogP contribution in [0.5, 0.6) is 5.75 Å².